The van der Waals surface area contributed by atoms with Crippen molar-refractivity contribution < 1.29 is 14.3 Å². The van der Waals surface area contributed by atoms with Gasteiger partial charge in [-0.2, -0.15) is 15.0 Å². The Morgan fingerprint density at radius 3 is 2.46 bits per heavy atom. The molecule has 2 aromatic rings. The van der Waals surface area contributed by atoms with Gasteiger partial charge in [0.25, 0.3) is 5.91 Å². The molecule has 11 nitrogen and oxygen atoms in total. The van der Waals surface area contributed by atoms with Crippen LogP contribution in [0.5, 0.6) is 17.8 Å². The van der Waals surface area contributed by atoms with Gasteiger partial charge in [-0.05, 0) is 5.92 Å². The van der Waals surface area contributed by atoms with Crippen molar-refractivity contribution >= 4 is 17.8 Å². The highest BCUT2D eigenvalue weighted by molar-refractivity contribution is 5.75. The maximum atomic E-state index is 10.7. The second kappa shape index (κ2) is 8.74. The number of nitrogens with one attached hydrogen (secondary N) is 1. The lowest BCUT2D eigenvalue weighted by Crippen LogP contribution is -2.20. The van der Waals surface area contributed by atoms with Gasteiger partial charge in [0.05, 0.1) is 0 Å². The zero-order valence-corrected chi connectivity index (χ0v) is 15.1. The molecule has 2 heterocycles. The van der Waals surface area contributed by atoms with Gasteiger partial charge in [-0.25, -0.2) is 0 Å². The van der Waals surface area contributed by atoms with Gasteiger partial charge in [-0.3, -0.25) is 4.79 Å². The Kier molecular flexibility index (Phi) is 6.42. The predicted octanol–water partition coefficient (Wildman–Crippen LogP) is 0.452. The Labute approximate surface area is 151 Å². The summed E-state index contributed by atoms with van der Waals surface area (Å²) in [6.45, 7) is 4.59. The Bertz CT molecular complexity index is 736. The van der Waals surface area contributed by atoms with Gasteiger partial charge in [0.15, 0.2) is 6.61 Å². The average Bonchev–Trinajstić information content (AvgIpc) is 2.59. The van der Waals surface area contributed by atoms with E-state index in [0.29, 0.717) is 24.4 Å². The number of amides is 1. The molecule has 11 heteroatoms. The van der Waals surface area contributed by atoms with Crippen molar-refractivity contribution in [2.24, 2.45) is 11.7 Å². The van der Waals surface area contributed by atoms with E-state index in [1.807, 2.05) is 14.1 Å². The summed E-state index contributed by atoms with van der Waals surface area (Å²) in [6, 6.07) is 3.09. The van der Waals surface area contributed by atoms with Crippen molar-refractivity contribution in [1.29, 1.82) is 0 Å². The molecule has 0 atom stereocenters. The maximum Gasteiger partial charge on any atom is 0.330 e. The molecule has 0 fully saturated rings. The first-order valence-corrected chi connectivity index (χ1v) is 7.93. The SMILES string of the molecule is CC(C)CNc1nc(Oc2ccc(OCC(N)=O)nn2)nc(N(C)C)n1. The maximum absolute atomic E-state index is 10.7. The van der Waals surface area contributed by atoms with Gasteiger partial charge in [0.2, 0.25) is 23.7 Å². The quantitative estimate of drug-likeness (QED) is 0.645. The average molecular weight is 362 g/mol. The van der Waals surface area contributed by atoms with Crippen LogP contribution >= 0.6 is 0 Å². The Hall–Kier alpha value is -3.24. The Morgan fingerprint density at radius 1 is 1.19 bits per heavy atom. The van der Waals surface area contributed by atoms with Crippen LogP contribution in [0.3, 0.4) is 0 Å². The summed E-state index contributed by atoms with van der Waals surface area (Å²) in [6.07, 6.45) is 0. The van der Waals surface area contributed by atoms with E-state index in [1.54, 1.807) is 4.90 Å². The van der Waals surface area contributed by atoms with E-state index in [4.69, 9.17) is 15.2 Å². The highest BCUT2D eigenvalue weighted by atomic mass is 16.5. The summed E-state index contributed by atoms with van der Waals surface area (Å²) in [7, 11) is 3.63. The number of anilines is 2. The third kappa shape index (κ3) is 6.00. The number of aromatic nitrogens is 5. The molecule has 0 aliphatic carbocycles. The van der Waals surface area contributed by atoms with Gasteiger partial charge >= 0.3 is 6.01 Å². The number of carbonyl (C=O) groups is 1. The van der Waals surface area contributed by atoms with E-state index >= 15 is 0 Å². The minimum atomic E-state index is -0.602. The molecule has 2 aromatic heterocycles. The van der Waals surface area contributed by atoms with Crippen LogP contribution in [0.1, 0.15) is 13.8 Å². The molecule has 26 heavy (non-hydrogen) atoms. The number of ether oxygens (including phenoxy) is 2. The molecule has 2 rings (SSSR count). The van der Waals surface area contributed by atoms with Crippen molar-refractivity contribution in [3.8, 4) is 17.8 Å². The number of rotatable bonds is 9. The van der Waals surface area contributed by atoms with E-state index in [2.05, 4.69) is 44.3 Å². The highest BCUT2D eigenvalue weighted by Crippen LogP contribution is 2.19. The van der Waals surface area contributed by atoms with Crippen molar-refractivity contribution in [2.75, 3.05) is 37.5 Å². The Balaban J connectivity index is 2.12. The number of hydrogen-bond acceptors (Lipinski definition) is 10. The molecule has 0 saturated carbocycles. The van der Waals surface area contributed by atoms with Crippen LogP contribution in [-0.4, -0.2) is 58.3 Å². The lowest BCUT2D eigenvalue weighted by atomic mass is 10.2. The normalized spacial score (nSPS) is 10.5. The molecule has 140 valence electrons. The van der Waals surface area contributed by atoms with Crippen LogP contribution in [0.2, 0.25) is 0 Å². The predicted molar refractivity (Wildman–Crippen MR) is 94.3 cm³/mol. The standard InChI is InChI=1S/C15H22N8O3/c1-9(2)7-17-13-18-14(23(3)4)20-15(19-13)26-12-6-5-11(21-22-12)25-8-10(16)24/h5-6,9H,7-8H2,1-4H3,(H2,16,24)(H,17,18,19,20). The summed E-state index contributed by atoms with van der Waals surface area (Å²) in [4.78, 5) is 25.2. The molecule has 0 unspecified atom stereocenters. The van der Waals surface area contributed by atoms with E-state index in [0.717, 1.165) is 0 Å². The van der Waals surface area contributed by atoms with Crippen LogP contribution in [0.15, 0.2) is 12.1 Å². The Morgan fingerprint density at radius 2 is 1.88 bits per heavy atom. The third-order valence-electron chi connectivity index (χ3n) is 2.85. The molecule has 0 radical (unpaired) electrons. The van der Waals surface area contributed by atoms with E-state index in [9.17, 15) is 4.79 Å². The zero-order valence-electron chi connectivity index (χ0n) is 15.1. The summed E-state index contributed by atoms with van der Waals surface area (Å²) in [5.41, 5.74) is 5.00. The fourth-order valence-electron chi connectivity index (χ4n) is 1.64. The summed E-state index contributed by atoms with van der Waals surface area (Å²) in [5.74, 6) is 0.993. The highest BCUT2D eigenvalue weighted by Gasteiger charge is 2.11. The largest absolute Gasteiger partial charge is 0.466 e. The summed E-state index contributed by atoms with van der Waals surface area (Å²) in [5, 5.41) is 10.8. The lowest BCUT2D eigenvalue weighted by molar-refractivity contribution is -0.120. The fourth-order valence-corrected chi connectivity index (χ4v) is 1.64. The monoisotopic (exact) mass is 362 g/mol. The fraction of sp³-hybridized carbons (Fsp3) is 0.467. The van der Waals surface area contributed by atoms with Crippen LogP contribution in [0.4, 0.5) is 11.9 Å². The molecule has 0 bridgehead atoms. The minimum absolute atomic E-state index is 0.0788. The molecular weight excluding hydrogens is 340 g/mol. The molecule has 1 amide bonds. The van der Waals surface area contributed by atoms with Gasteiger partial charge in [-0.1, -0.05) is 13.8 Å². The number of hydrogen-bond donors (Lipinski definition) is 2. The lowest BCUT2D eigenvalue weighted by Gasteiger charge is -2.14. The number of nitrogens with two attached hydrogens (primary N) is 1. The van der Waals surface area contributed by atoms with Crippen LogP contribution in [0, 0.1) is 5.92 Å². The molecule has 0 aliphatic rings. The van der Waals surface area contributed by atoms with Crippen molar-refractivity contribution in [2.45, 2.75) is 13.8 Å². The first-order chi connectivity index (χ1) is 12.3. The van der Waals surface area contributed by atoms with Crippen molar-refractivity contribution in [1.82, 2.24) is 25.1 Å². The first-order valence-electron chi connectivity index (χ1n) is 7.93. The van der Waals surface area contributed by atoms with E-state index < -0.39 is 5.91 Å². The van der Waals surface area contributed by atoms with Gasteiger partial charge < -0.3 is 25.4 Å². The van der Waals surface area contributed by atoms with Gasteiger partial charge in [0.1, 0.15) is 0 Å². The topological polar surface area (TPSA) is 141 Å². The van der Waals surface area contributed by atoms with E-state index in [-0.39, 0.29) is 24.4 Å². The molecule has 0 aliphatic heterocycles. The molecule has 0 aromatic carbocycles. The molecule has 3 N–H and O–H groups in total. The van der Waals surface area contributed by atoms with Gasteiger partial charge in [0, 0.05) is 32.8 Å². The van der Waals surface area contributed by atoms with Crippen molar-refractivity contribution in [3.05, 3.63) is 12.1 Å². The van der Waals surface area contributed by atoms with Crippen molar-refractivity contribution in [3.63, 3.8) is 0 Å². The summed E-state index contributed by atoms with van der Waals surface area (Å²) >= 11 is 0. The van der Waals surface area contributed by atoms with Gasteiger partial charge in [-0.15, -0.1) is 10.2 Å². The van der Waals surface area contributed by atoms with Crippen LogP contribution in [0.25, 0.3) is 0 Å². The number of nitrogens with zero attached hydrogens (tertiary/aromatic N) is 6. The summed E-state index contributed by atoms with van der Waals surface area (Å²) < 4.78 is 10.6. The van der Waals surface area contributed by atoms with Crippen LogP contribution < -0.4 is 25.4 Å². The second-order valence-corrected chi connectivity index (χ2v) is 5.98. The number of primary amides is 1. The van der Waals surface area contributed by atoms with Crippen LogP contribution in [-0.2, 0) is 4.79 Å². The minimum Gasteiger partial charge on any atom is -0.466 e. The molecule has 0 saturated heterocycles. The zero-order chi connectivity index (χ0) is 19.1. The van der Waals surface area contributed by atoms with E-state index in [1.165, 1.54) is 12.1 Å². The first kappa shape index (κ1) is 19.1. The number of carbonyl (C=O) groups excluding carboxylic acids is 1. The smallest absolute Gasteiger partial charge is 0.330 e. The molecule has 0 spiro atoms. The molecular formula is C15H22N8O3. The third-order valence-corrected chi connectivity index (χ3v) is 2.85. The second-order valence-electron chi connectivity index (χ2n) is 5.98.